The van der Waals surface area contributed by atoms with Gasteiger partial charge in [-0.3, -0.25) is 14.3 Å². The Hall–Kier alpha value is -0.110. The quantitative estimate of drug-likeness (QED) is 0.356. The summed E-state index contributed by atoms with van der Waals surface area (Å²) in [6, 6.07) is 0. The molecule has 1 unspecified atom stereocenters. The van der Waals surface area contributed by atoms with E-state index in [-0.39, 0.29) is 12.6 Å². The highest BCUT2D eigenvalue weighted by atomic mass is 32.7. The predicted molar refractivity (Wildman–Crippen MR) is 92.7 cm³/mol. The maximum Gasteiger partial charge on any atom is 0.326 e. The minimum atomic E-state index is -2.86. The molecule has 0 aromatic carbocycles. The summed E-state index contributed by atoms with van der Waals surface area (Å²) in [6.07, 6.45) is 0.742. The molecule has 0 radical (unpaired) electrons. The van der Waals surface area contributed by atoms with Crippen LogP contribution in [-0.2, 0) is 23.4 Å². The van der Waals surface area contributed by atoms with Gasteiger partial charge in [-0.1, -0.05) is 11.4 Å². The SMILES string of the molecule is CNP(=O)(OC)SCCOC(=O)C(C)(C)CCN1CCOCC1. The van der Waals surface area contributed by atoms with Gasteiger partial charge in [-0.2, -0.15) is 0 Å². The Morgan fingerprint density at radius 3 is 2.61 bits per heavy atom. The van der Waals surface area contributed by atoms with E-state index in [1.165, 1.54) is 7.11 Å². The minimum Gasteiger partial charge on any atom is -0.464 e. The summed E-state index contributed by atoms with van der Waals surface area (Å²) in [6.45, 7) is 5.37. The molecule has 0 aromatic rings. The lowest BCUT2D eigenvalue weighted by Gasteiger charge is -2.30. The smallest absolute Gasteiger partial charge is 0.326 e. The van der Waals surface area contributed by atoms with Crippen LogP contribution >= 0.6 is 18.1 Å². The van der Waals surface area contributed by atoms with Crippen molar-refractivity contribution in [1.82, 2.24) is 9.99 Å². The average molecular weight is 368 g/mol. The Bertz CT molecular complexity index is 408. The Morgan fingerprint density at radius 1 is 1.39 bits per heavy atom. The summed E-state index contributed by atoms with van der Waals surface area (Å²) >= 11 is 1.14. The fourth-order valence-corrected chi connectivity index (χ4v) is 4.52. The molecule has 0 bridgehead atoms. The van der Waals surface area contributed by atoms with Crippen LogP contribution in [0.2, 0.25) is 0 Å². The van der Waals surface area contributed by atoms with Gasteiger partial charge < -0.3 is 14.0 Å². The van der Waals surface area contributed by atoms with E-state index in [2.05, 4.69) is 9.99 Å². The highest BCUT2D eigenvalue weighted by Gasteiger charge is 2.30. The average Bonchev–Trinajstić information content (AvgIpc) is 2.57. The molecule has 0 spiro atoms. The normalized spacial score (nSPS) is 19.3. The van der Waals surface area contributed by atoms with E-state index in [0.29, 0.717) is 5.75 Å². The van der Waals surface area contributed by atoms with Gasteiger partial charge >= 0.3 is 12.7 Å². The van der Waals surface area contributed by atoms with Gasteiger partial charge in [0.2, 0.25) is 0 Å². The first kappa shape index (κ1) is 20.9. The van der Waals surface area contributed by atoms with Crippen molar-refractivity contribution in [1.29, 1.82) is 0 Å². The van der Waals surface area contributed by atoms with Crippen LogP contribution in [0.5, 0.6) is 0 Å². The zero-order chi connectivity index (χ0) is 17.3. The van der Waals surface area contributed by atoms with E-state index >= 15 is 0 Å². The first-order valence-electron chi connectivity index (χ1n) is 7.79. The van der Waals surface area contributed by atoms with Gasteiger partial charge in [-0.15, -0.1) is 0 Å². The third-order valence-electron chi connectivity index (χ3n) is 3.80. The van der Waals surface area contributed by atoms with E-state index in [0.717, 1.165) is 50.7 Å². The lowest BCUT2D eigenvalue weighted by Crippen LogP contribution is -2.39. The third-order valence-corrected chi connectivity index (χ3v) is 8.08. The predicted octanol–water partition coefficient (Wildman–Crippen LogP) is 1.99. The standard InChI is InChI=1S/C14H29N2O5PS/c1-14(2,5-6-16-7-9-20-10-8-16)13(17)21-11-12-23-22(18,15-3)19-4/h5-12H2,1-4H3,(H,15,18). The summed E-state index contributed by atoms with van der Waals surface area (Å²) in [5.74, 6) is 0.208. The van der Waals surface area contributed by atoms with Crippen molar-refractivity contribution in [2.45, 2.75) is 20.3 Å². The summed E-state index contributed by atoms with van der Waals surface area (Å²) in [5.41, 5.74) is -0.531. The molecule has 0 aliphatic carbocycles. The fourth-order valence-electron chi connectivity index (χ4n) is 2.06. The second kappa shape index (κ2) is 10.0. The first-order chi connectivity index (χ1) is 10.8. The van der Waals surface area contributed by atoms with Gasteiger partial charge in [-0.05, 0) is 33.9 Å². The van der Waals surface area contributed by atoms with Crippen molar-refractivity contribution in [3.63, 3.8) is 0 Å². The maximum absolute atomic E-state index is 12.2. The zero-order valence-electron chi connectivity index (χ0n) is 14.5. The van der Waals surface area contributed by atoms with Gasteiger partial charge in [0.1, 0.15) is 6.61 Å². The molecule has 0 saturated carbocycles. The van der Waals surface area contributed by atoms with E-state index < -0.39 is 12.1 Å². The highest BCUT2D eigenvalue weighted by molar-refractivity contribution is 8.56. The van der Waals surface area contributed by atoms with E-state index in [1.54, 1.807) is 7.05 Å². The number of ether oxygens (including phenoxy) is 2. The minimum absolute atomic E-state index is 0.219. The molecule has 1 atom stereocenters. The number of hydrogen-bond acceptors (Lipinski definition) is 7. The molecule has 1 N–H and O–H groups in total. The molecule has 7 nitrogen and oxygen atoms in total. The van der Waals surface area contributed by atoms with E-state index in [9.17, 15) is 9.36 Å². The zero-order valence-corrected chi connectivity index (χ0v) is 16.2. The monoisotopic (exact) mass is 368 g/mol. The highest BCUT2D eigenvalue weighted by Crippen LogP contribution is 2.54. The number of nitrogens with zero attached hydrogens (tertiary/aromatic N) is 1. The molecular weight excluding hydrogens is 339 g/mol. The van der Waals surface area contributed by atoms with Gasteiger partial charge in [0, 0.05) is 26.0 Å². The fraction of sp³-hybridized carbons (Fsp3) is 0.929. The Labute approximate surface area is 143 Å². The van der Waals surface area contributed by atoms with Crippen molar-refractivity contribution >= 4 is 24.1 Å². The van der Waals surface area contributed by atoms with Crippen molar-refractivity contribution in [3.8, 4) is 0 Å². The molecule has 0 amide bonds. The van der Waals surface area contributed by atoms with Crippen LogP contribution in [-0.4, -0.2) is 70.2 Å². The molecule has 0 aromatic heterocycles. The summed E-state index contributed by atoms with van der Waals surface area (Å²) < 4.78 is 27.5. The molecular formula is C14H29N2O5PS. The topological polar surface area (TPSA) is 77.1 Å². The number of rotatable bonds is 10. The van der Waals surface area contributed by atoms with Gasteiger partial charge in [-0.25, -0.2) is 5.09 Å². The van der Waals surface area contributed by atoms with Gasteiger partial charge in [0.05, 0.1) is 18.6 Å². The van der Waals surface area contributed by atoms with Crippen molar-refractivity contribution in [2.24, 2.45) is 5.41 Å². The number of nitrogens with one attached hydrogen (secondary N) is 1. The third kappa shape index (κ3) is 7.54. The number of hydrogen-bond donors (Lipinski definition) is 1. The Kier molecular flexibility index (Phi) is 9.11. The summed E-state index contributed by atoms with van der Waals surface area (Å²) in [5, 5.41) is 2.64. The maximum atomic E-state index is 12.2. The molecule has 9 heteroatoms. The lowest BCUT2D eigenvalue weighted by molar-refractivity contribution is -0.153. The molecule has 1 rings (SSSR count). The van der Waals surface area contributed by atoms with E-state index in [1.807, 2.05) is 13.8 Å². The molecule has 1 aliphatic heterocycles. The molecule has 1 saturated heterocycles. The van der Waals surface area contributed by atoms with E-state index in [4.69, 9.17) is 14.0 Å². The molecule has 136 valence electrons. The van der Waals surface area contributed by atoms with Crippen molar-refractivity contribution < 1.29 is 23.4 Å². The van der Waals surface area contributed by atoms with Crippen LogP contribution in [0, 0.1) is 5.41 Å². The van der Waals surface area contributed by atoms with Crippen LogP contribution in [0.3, 0.4) is 0 Å². The number of carbonyl (C=O) groups excluding carboxylic acids is 1. The first-order valence-corrected chi connectivity index (χ1v) is 11.0. The second-order valence-corrected chi connectivity index (χ2v) is 10.7. The Balaban J connectivity index is 2.27. The Morgan fingerprint density at radius 2 is 2.04 bits per heavy atom. The summed E-state index contributed by atoms with van der Waals surface area (Å²) in [4.78, 5) is 14.5. The van der Waals surface area contributed by atoms with Crippen LogP contribution in [0.1, 0.15) is 20.3 Å². The number of carbonyl (C=O) groups is 1. The molecule has 23 heavy (non-hydrogen) atoms. The second-order valence-electron chi connectivity index (χ2n) is 5.96. The molecule has 1 heterocycles. The number of esters is 1. The largest absolute Gasteiger partial charge is 0.464 e. The summed E-state index contributed by atoms with van der Waals surface area (Å²) in [7, 11) is 2.98. The number of morpholine rings is 1. The molecule has 1 fully saturated rings. The molecule has 1 aliphatic rings. The lowest BCUT2D eigenvalue weighted by atomic mass is 9.89. The van der Waals surface area contributed by atoms with Crippen LogP contribution in [0.15, 0.2) is 0 Å². The van der Waals surface area contributed by atoms with Crippen LogP contribution in [0.25, 0.3) is 0 Å². The van der Waals surface area contributed by atoms with Gasteiger partial charge in [0.15, 0.2) is 0 Å². The van der Waals surface area contributed by atoms with Crippen molar-refractivity contribution in [3.05, 3.63) is 0 Å². The van der Waals surface area contributed by atoms with Gasteiger partial charge in [0.25, 0.3) is 0 Å². The van der Waals surface area contributed by atoms with Crippen LogP contribution < -0.4 is 5.09 Å². The van der Waals surface area contributed by atoms with Crippen molar-refractivity contribution in [2.75, 3.05) is 59.4 Å². The van der Waals surface area contributed by atoms with Crippen LogP contribution in [0.4, 0.5) is 0 Å².